The molecule has 0 saturated carbocycles. The van der Waals surface area contributed by atoms with Crippen LogP contribution in [0.2, 0.25) is 0 Å². The predicted molar refractivity (Wildman–Crippen MR) is 123 cm³/mol. The van der Waals surface area contributed by atoms with Crippen molar-refractivity contribution in [3.63, 3.8) is 0 Å². The molecule has 0 bridgehead atoms. The van der Waals surface area contributed by atoms with Crippen molar-refractivity contribution in [2.45, 2.75) is 31.4 Å². The molecule has 0 unspecified atom stereocenters. The Kier molecular flexibility index (Phi) is 4.97. The van der Waals surface area contributed by atoms with E-state index in [0.29, 0.717) is 29.1 Å². The minimum atomic E-state index is 0.279. The molecule has 0 amide bonds. The molecule has 3 aromatic rings. The van der Waals surface area contributed by atoms with Crippen LogP contribution in [-0.2, 0) is 13.7 Å². The van der Waals surface area contributed by atoms with Crippen molar-refractivity contribution in [1.82, 2.24) is 30.0 Å². The first-order valence-corrected chi connectivity index (χ1v) is 11.4. The third-order valence-corrected chi connectivity index (χ3v) is 6.98. The highest BCUT2D eigenvalue weighted by atomic mass is 16.5. The SMILES string of the molecule is Cn1cc(-c2ncnc3c2COc2c(C#N)cc(C4CN(C5CCNCC5)C4)cc2N3)cn1. The van der Waals surface area contributed by atoms with Crippen molar-refractivity contribution in [2.24, 2.45) is 7.05 Å². The number of piperidine rings is 1. The van der Waals surface area contributed by atoms with E-state index in [1.807, 2.05) is 19.3 Å². The Morgan fingerprint density at radius 2 is 2.03 bits per heavy atom. The van der Waals surface area contributed by atoms with Crippen molar-refractivity contribution in [3.8, 4) is 23.1 Å². The monoisotopic (exact) mass is 442 g/mol. The molecule has 0 spiro atoms. The first-order chi connectivity index (χ1) is 16.2. The molecule has 0 aliphatic carbocycles. The highest BCUT2D eigenvalue weighted by Gasteiger charge is 2.35. The number of hydrogen-bond donors (Lipinski definition) is 2. The topological polar surface area (TPSA) is 104 Å². The van der Waals surface area contributed by atoms with Crippen molar-refractivity contribution in [3.05, 3.63) is 47.5 Å². The standard InChI is InChI=1S/C24H26N8O/c1-31-10-17(9-29-31)22-20-13-33-23-16(8-25)6-15(7-21(23)30-24(20)28-14-27-22)18-11-32(12-18)19-2-4-26-5-3-19/h6-7,9-10,14,18-19,26H,2-5,11-13H2,1H3,(H,27,28,30). The zero-order valence-corrected chi connectivity index (χ0v) is 18.6. The van der Waals surface area contributed by atoms with Gasteiger partial charge >= 0.3 is 0 Å². The van der Waals surface area contributed by atoms with E-state index in [9.17, 15) is 5.26 Å². The molecule has 168 valence electrons. The van der Waals surface area contributed by atoms with Crippen LogP contribution < -0.4 is 15.4 Å². The maximum atomic E-state index is 9.88. The number of benzene rings is 1. The van der Waals surface area contributed by atoms with E-state index in [0.717, 1.165) is 48.7 Å². The van der Waals surface area contributed by atoms with Crippen molar-refractivity contribution in [1.29, 1.82) is 5.26 Å². The van der Waals surface area contributed by atoms with Crippen LogP contribution in [0.15, 0.2) is 30.9 Å². The van der Waals surface area contributed by atoms with Crippen molar-refractivity contribution in [2.75, 3.05) is 31.5 Å². The number of hydrogen-bond acceptors (Lipinski definition) is 8. The van der Waals surface area contributed by atoms with Crippen LogP contribution in [-0.4, -0.2) is 56.9 Å². The first kappa shape index (κ1) is 20.1. The minimum absolute atomic E-state index is 0.279. The highest BCUT2D eigenvalue weighted by molar-refractivity contribution is 5.76. The van der Waals surface area contributed by atoms with E-state index in [4.69, 9.17) is 4.74 Å². The molecule has 2 fully saturated rings. The molecule has 0 atom stereocenters. The average Bonchev–Trinajstić information content (AvgIpc) is 3.14. The Hall–Kier alpha value is -3.48. The molecule has 2 aromatic heterocycles. The lowest BCUT2D eigenvalue weighted by Crippen LogP contribution is -2.53. The van der Waals surface area contributed by atoms with Gasteiger partial charge in [-0.2, -0.15) is 10.4 Å². The van der Waals surface area contributed by atoms with Gasteiger partial charge in [-0.05, 0) is 43.6 Å². The number of aromatic nitrogens is 4. The summed E-state index contributed by atoms with van der Waals surface area (Å²) in [7, 11) is 1.88. The maximum absolute atomic E-state index is 9.88. The van der Waals surface area contributed by atoms with Crippen LogP contribution in [0.3, 0.4) is 0 Å². The normalized spacial score (nSPS) is 18.8. The van der Waals surface area contributed by atoms with Crippen LogP contribution in [0.25, 0.3) is 11.3 Å². The van der Waals surface area contributed by atoms with Gasteiger partial charge in [0.15, 0.2) is 5.75 Å². The number of rotatable bonds is 3. The number of fused-ring (bicyclic) bond motifs is 2. The highest BCUT2D eigenvalue weighted by Crippen LogP contribution is 2.41. The summed E-state index contributed by atoms with van der Waals surface area (Å²) >= 11 is 0. The molecule has 33 heavy (non-hydrogen) atoms. The molecule has 2 saturated heterocycles. The molecule has 3 aliphatic heterocycles. The Labute approximate surface area is 192 Å². The van der Waals surface area contributed by atoms with Crippen LogP contribution in [0, 0.1) is 11.3 Å². The van der Waals surface area contributed by atoms with Gasteiger partial charge in [0.05, 0.1) is 28.7 Å². The molecule has 0 radical (unpaired) electrons. The van der Waals surface area contributed by atoms with E-state index in [-0.39, 0.29) is 6.61 Å². The summed E-state index contributed by atoms with van der Waals surface area (Å²) in [6.45, 7) is 4.57. The number of anilines is 2. The van der Waals surface area contributed by atoms with Crippen molar-refractivity contribution >= 4 is 11.5 Å². The second kappa shape index (κ2) is 8.14. The molecule has 9 nitrogen and oxygen atoms in total. The number of nitrogens with one attached hydrogen (secondary N) is 2. The maximum Gasteiger partial charge on any atom is 0.161 e. The molecule has 5 heterocycles. The van der Waals surface area contributed by atoms with E-state index in [2.05, 4.69) is 42.7 Å². The molecule has 6 rings (SSSR count). The van der Waals surface area contributed by atoms with Crippen LogP contribution in [0.1, 0.15) is 35.4 Å². The summed E-state index contributed by atoms with van der Waals surface area (Å²) in [4.78, 5) is 11.5. The lowest BCUT2D eigenvalue weighted by atomic mass is 9.87. The molecule has 3 aliphatic rings. The second-order valence-corrected chi connectivity index (χ2v) is 9.05. The van der Waals surface area contributed by atoms with Gasteiger partial charge in [0.25, 0.3) is 0 Å². The zero-order valence-electron chi connectivity index (χ0n) is 18.6. The van der Waals surface area contributed by atoms with Gasteiger partial charge in [-0.1, -0.05) is 0 Å². The van der Waals surface area contributed by atoms with Gasteiger partial charge in [-0.3, -0.25) is 9.58 Å². The molecular weight excluding hydrogens is 416 g/mol. The number of nitrogens with zero attached hydrogens (tertiary/aromatic N) is 6. The Bertz CT molecular complexity index is 1230. The van der Waals surface area contributed by atoms with Crippen molar-refractivity contribution < 1.29 is 4.74 Å². The Morgan fingerprint density at radius 3 is 2.79 bits per heavy atom. The molecule has 2 N–H and O–H groups in total. The summed E-state index contributed by atoms with van der Waals surface area (Å²) in [6, 6.07) is 7.14. The van der Waals surface area contributed by atoms with Gasteiger partial charge in [-0.15, -0.1) is 0 Å². The number of nitriles is 1. The molecular formula is C24H26N8O. The van der Waals surface area contributed by atoms with Gasteiger partial charge < -0.3 is 15.4 Å². The van der Waals surface area contributed by atoms with Crippen LogP contribution in [0.5, 0.6) is 5.75 Å². The lowest BCUT2D eigenvalue weighted by Gasteiger charge is -2.46. The number of aryl methyl sites for hydroxylation is 1. The fraction of sp³-hybridized carbons (Fsp3) is 0.417. The van der Waals surface area contributed by atoms with Gasteiger partial charge in [0.2, 0.25) is 0 Å². The lowest BCUT2D eigenvalue weighted by molar-refractivity contribution is 0.0729. The summed E-state index contributed by atoms with van der Waals surface area (Å²) in [5.41, 5.74) is 5.06. The summed E-state index contributed by atoms with van der Waals surface area (Å²) in [6.07, 6.45) is 7.68. The van der Waals surface area contributed by atoms with Crippen LogP contribution >= 0.6 is 0 Å². The van der Waals surface area contributed by atoms with E-state index >= 15 is 0 Å². The van der Waals surface area contributed by atoms with Crippen LogP contribution in [0.4, 0.5) is 11.5 Å². The third kappa shape index (κ3) is 3.61. The Balaban J connectivity index is 1.29. The van der Waals surface area contributed by atoms with Gasteiger partial charge in [0, 0.05) is 43.9 Å². The first-order valence-electron chi connectivity index (χ1n) is 11.4. The predicted octanol–water partition coefficient (Wildman–Crippen LogP) is 2.54. The third-order valence-electron chi connectivity index (χ3n) is 6.98. The smallest absolute Gasteiger partial charge is 0.161 e. The second-order valence-electron chi connectivity index (χ2n) is 9.05. The summed E-state index contributed by atoms with van der Waals surface area (Å²) < 4.78 is 7.90. The molecule has 9 heteroatoms. The van der Waals surface area contributed by atoms with E-state index in [1.165, 1.54) is 18.4 Å². The average molecular weight is 443 g/mol. The van der Waals surface area contributed by atoms with Gasteiger partial charge in [0.1, 0.15) is 24.8 Å². The number of ether oxygens (including phenoxy) is 1. The fourth-order valence-electron chi connectivity index (χ4n) is 5.13. The minimum Gasteiger partial charge on any atom is -0.485 e. The fourth-order valence-corrected chi connectivity index (χ4v) is 5.13. The largest absolute Gasteiger partial charge is 0.485 e. The number of likely N-dealkylation sites (tertiary alicyclic amines) is 1. The quantitative estimate of drug-likeness (QED) is 0.638. The molecule has 1 aromatic carbocycles. The van der Waals surface area contributed by atoms with Gasteiger partial charge in [-0.25, -0.2) is 9.97 Å². The van der Waals surface area contributed by atoms with E-state index in [1.54, 1.807) is 17.2 Å². The summed E-state index contributed by atoms with van der Waals surface area (Å²) in [5.74, 6) is 1.71. The Morgan fingerprint density at radius 1 is 1.18 bits per heavy atom. The van der Waals surface area contributed by atoms with E-state index < -0.39 is 0 Å². The zero-order chi connectivity index (χ0) is 22.4. The summed E-state index contributed by atoms with van der Waals surface area (Å²) in [5, 5.41) is 21.0.